The van der Waals surface area contributed by atoms with Crippen molar-refractivity contribution in [3.05, 3.63) is 95.6 Å². The number of aromatic nitrogens is 4. The van der Waals surface area contributed by atoms with E-state index in [2.05, 4.69) is 34.6 Å². The highest BCUT2D eigenvalue weighted by Crippen LogP contribution is 2.17. The molecule has 0 saturated carbocycles. The second-order valence-corrected chi connectivity index (χ2v) is 7.09. The summed E-state index contributed by atoms with van der Waals surface area (Å²) in [6.07, 6.45) is 5.16. The molecule has 0 atom stereocenters. The van der Waals surface area contributed by atoms with E-state index in [1.54, 1.807) is 27.8 Å². The highest BCUT2D eigenvalue weighted by atomic mass is 16.5. The van der Waals surface area contributed by atoms with Crippen molar-refractivity contribution in [1.82, 2.24) is 19.6 Å². The van der Waals surface area contributed by atoms with E-state index in [1.165, 1.54) is 11.1 Å². The van der Waals surface area contributed by atoms with Gasteiger partial charge < -0.3 is 10.1 Å². The monoisotopic (exact) mass is 401 g/mol. The van der Waals surface area contributed by atoms with Crippen LogP contribution in [0.25, 0.3) is 0 Å². The van der Waals surface area contributed by atoms with Crippen molar-refractivity contribution >= 4 is 11.6 Å². The molecule has 0 unspecified atom stereocenters. The Balaban J connectivity index is 1.35. The van der Waals surface area contributed by atoms with Gasteiger partial charge in [0, 0.05) is 12.4 Å². The quantitative estimate of drug-likeness (QED) is 0.507. The molecule has 7 nitrogen and oxygen atoms in total. The standard InChI is InChI=1S/C23H23N5O2/c1-17-7-3-5-9-19(17)14-28-15-20(13-24-28)25-23(29)21-11-12-27(26-21)16-30-22-10-6-4-8-18(22)2/h3-13,15H,14,16H2,1-2H3,(H,25,29). The molecule has 0 bridgehead atoms. The van der Waals surface area contributed by atoms with Crippen LogP contribution in [-0.2, 0) is 13.3 Å². The second-order valence-electron chi connectivity index (χ2n) is 7.09. The lowest BCUT2D eigenvalue weighted by molar-refractivity contribution is 0.102. The van der Waals surface area contributed by atoms with Gasteiger partial charge in [-0.3, -0.25) is 9.48 Å². The molecule has 7 heteroatoms. The van der Waals surface area contributed by atoms with Crippen molar-refractivity contribution in [2.24, 2.45) is 0 Å². The van der Waals surface area contributed by atoms with Crippen LogP contribution in [0.5, 0.6) is 5.75 Å². The Morgan fingerprint density at radius 1 is 1.00 bits per heavy atom. The maximum atomic E-state index is 12.5. The Kier molecular flexibility index (Phi) is 5.61. The van der Waals surface area contributed by atoms with Crippen LogP contribution in [0.15, 0.2) is 73.2 Å². The third kappa shape index (κ3) is 4.57. The molecule has 1 amide bonds. The first-order chi connectivity index (χ1) is 14.6. The zero-order valence-electron chi connectivity index (χ0n) is 16.9. The summed E-state index contributed by atoms with van der Waals surface area (Å²) in [7, 11) is 0. The molecule has 2 aromatic carbocycles. The van der Waals surface area contributed by atoms with Crippen LogP contribution >= 0.6 is 0 Å². The van der Waals surface area contributed by atoms with Gasteiger partial charge in [-0.1, -0.05) is 42.5 Å². The highest BCUT2D eigenvalue weighted by Gasteiger charge is 2.12. The minimum atomic E-state index is -0.292. The summed E-state index contributed by atoms with van der Waals surface area (Å²) in [5, 5.41) is 11.5. The second kappa shape index (κ2) is 8.65. The molecular weight excluding hydrogens is 378 g/mol. The molecule has 30 heavy (non-hydrogen) atoms. The van der Waals surface area contributed by atoms with E-state index in [0.717, 1.165) is 11.3 Å². The number of anilines is 1. The first-order valence-electron chi connectivity index (χ1n) is 9.69. The molecule has 0 radical (unpaired) electrons. The maximum Gasteiger partial charge on any atom is 0.276 e. The molecule has 2 heterocycles. The van der Waals surface area contributed by atoms with E-state index in [1.807, 2.05) is 49.5 Å². The Labute approximate surface area is 174 Å². The number of nitrogens with zero attached hydrogens (tertiary/aromatic N) is 4. The summed E-state index contributed by atoms with van der Waals surface area (Å²) >= 11 is 0. The zero-order chi connectivity index (χ0) is 20.9. The predicted octanol–water partition coefficient (Wildman–Crippen LogP) is 4.03. The minimum Gasteiger partial charge on any atom is -0.471 e. The smallest absolute Gasteiger partial charge is 0.276 e. The number of hydrogen-bond donors (Lipinski definition) is 1. The molecule has 1 N–H and O–H groups in total. The van der Waals surface area contributed by atoms with Gasteiger partial charge in [0.05, 0.1) is 18.4 Å². The summed E-state index contributed by atoms with van der Waals surface area (Å²) in [4.78, 5) is 12.5. The largest absolute Gasteiger partial charge is 0.471 e. The van der Waals surface area contributed by atoms with E-state index < -0.39 is 0 Å². The Morgan fingerprint density at radius 3 is 2.57 bits per heavy atom. The minimum absolute atomic E-state index is 0.229. The molecular formula is C23H23N5O2. The van der Waals surface area contributed by atoms with Crippen LogP contribution < -0.4 is 10.1 Å². The molecule has 2 aromatic heterocycles. The lowest BCUT2D eigenvalue weighted by Crippen LogP contribution is -2.14. The fourth-order valence-corrected chi connectivity index (χ4v) is 3.08. The van der Waals surface area contributed by atoms with Gasteiger partial charge in [-0.05, 0) is 42.7 Å². The summed E-state index contributed by atoms with van der Waals surface area (Å²) in [5.74, 6) is 0.500. The number of benzene rings is 2. The Morgan fingerprint density at radius 2 is 1.77 bits per heavy atom. The van der Waals surface area contributed by atoms with Crippen LogP contribution in [0.1, 0.15) is 27.2 Å². The van der Waals surface area contributed by atoms with E-state index in [-0.39, 0.29) is 12.6 Å². The van der Waals surface area contributed by atoms with Crippen LogP contribution in [0.3, 0.4) is 0 Å². The summed E-state index contributed by atoms with van der Waals surface area (Å²) < 4.78 is 9.14. The fraction of sp³-hybridized carbons (Fsp3) is 0.174. The number of rotatable bonds is 7. The van der Waals surface area contributed by atoms with Crippen molar-refractivity contribution in [3.8, 4) is 5.75 Å². The van der Waals surface area contributed by atoms with Crippen LogP contribution in [0.2, 0.25) is 0 Å². The lowest BCUT2D eigenvalue weighted by atomic mass is 10.1. The first kappa shape index (κ1) is 19.4. The topological polar surface area (TPSA) is 74.0 Å². The number of carbonyl (C=O) groups excluding carboxylic acids is 1. The predicted molar refractivity (Wildman–Crippen MR) is 114 cm³/mol. The van der Waals surface area contributed by atoms with Gasteiger partial charge in [0.15, 0.2) is 12.4 Å². The van der Waals surface area contributed by atoms with Gasteiger partial charge in [0.1, 0.15) is 5.75 Å². The van der Waals surface area contributed by atoms with Crippen LogP contribution in [-0.4, -0.2) is 25.5 Å². The maximum absolute atomic E-state index is 12.5. The van der Waals surface area contributed by atoms with Gasteiger partial charge in [0.25, 0.3) is 5.91 Å². The van der Waals surface area contributed by atoms with Gasteiger partial charge in [0.2, 0.25) is 0 Å². The molecule has 0 aliphatic carbocycles. The van der Waals surface area contributed by atoms with E-state index in [0.29, 0.717) is 17.9 Å². The molecule has 0 aliphatic heterocycles. The highest BCUT2D eigenvalue weighted by molar-refractivity contribution is 6.02. The summed E-state index contributed by atoms with van der Waals surface area (Å²) in [6, 6.07) is 17.6. The van der Waals surface area contributed by atoms with Crippen molar-refractivity contribution in [2.45, 2.75) is 27.1 Å². The lowest BCUT2D eigenvalue weighted by Gasteiger charge is -2.08. The van der Waals surface area contributed by atoms with E-state index in [9.17, 15) is 4.79 Å². The zero-order valence-corrected chi connectivity index (χ0v) is 16.9. The van der Waals surface area contributed by atoms with Crippen molar-refractivity contribution in [1.29, 1.82) is 0 Å². The average Bonchev–Trinajstić information content (AvgIpc) is 3.39. The normalized spacial score (nSPS) is 10.7. The van der Waals surface area contributed by atoms with E-state index in [4.69, 9.17) is 4.74 Å². The first-order valence-corrected chi connectivity index (χ1v) is 9.69. The Bertz CT molecular complexity index is 1160. The van der Waals surface area contributed by atoms with E-state index >= 15 is 0 Å². The third-order valence-corrected chi connectivity index (χ3v) is 4.80. The van der Waals surface area contributed by atoms with Crippen molar-refractivity contribution in [3.63, 3.8) is 0 Å². The molecule has 0 saturated heterocycles. The molecule has 152 valence electrons. The molecule has 0 spiro atoms. The molecule has 4 aromatic rings. The molecule has 0 fully saturated rings. The fourth-order valence-electron chi connectivity index (χ4n) is 3.08. The number of hydrogen-bond acceptors (Lipinski definition) is 4. The van der Waals surface area contributed by atoms with Crippen LogP contribution in [0, 0.1) is 13.8 Å². The molecule has 0 aliphatic rings. The molecule has 4 rings (SSSR count). The number of para-hydroxylation sites is 1. The van der Waals surface area contributed by atoms with Crippen molar-refractivity contribution < 1.29 is 9.53 Å². The number of amides is 1. The number of ether oxygens (including phenoxy) is 1. The van der Waals surface area contributed by atoms with Crippen LogP contribution in [0.4, 0.5) is 5.69 Å². The van der Waals surface area contributed by atoms with Gasteiger partial charge in [-0.15, -0.1) is 0 Å². The third-order valence-electron chi connectivity index (χ3n) is 4.80. The SMILES string of the molecule is Cc1ccccc1Cn1cc(NC(=O)c2ccn(COc3ccccc3C)n2)cn1. The van der Waals surface area contributed by atoms with Gasteiger partial charge in [-0.2, -0.15) is 10.2 Å². The summed E-state index contributed by atoms with van der Waals surface area (Å²) in [5.41, 5.74) is 4.38. The average molecular weight is 401 g/mol. The van der Waals surface area contributed by atoms with Gasteiger partial charge >= 0.3 is 0 Å². The number of nitrogens with one attached hydrogen (secondary N) is 1. The Hall–Kier alpha value is -3.87. The number of aryl methyl sites for hydroxylation is 2. The van der Waals surface area contributed by atoms with Crippen molar-refractivity contribution in [2.75, 3.05) is 5.32 Å². The number of carbonyl (C=O) groups is 1. The summed E-state index contributed by atoms with van der Waals surface area (Å²) in [6.45, 7) is 4.93. The van der Waals surface area contributed by atoms with Gasteiger partial charge in [-0.25, -0.2) is 4.68 Å².